The molecule has 6 nitrogen and oxygen atoms in total. The van der Waals surface area contributed by atoms with Gasteiger partial charge in [0.15, 0.2) is 5.57 Å². The molecule has 1 aromatic carbocycles. The number of hydrogen-bond donors (Lipinski definition) is 0. The summed E-state index contributed by atoms with van der Waals surface area (Å²) in [6.45, 7) is 7.59. The van der Waals surface area contributed by atoms with Crippen LogP contribution in [0.25, 0.3) is 17.3 Å². The van der Waals surface area contributed by atoms with Crippen LogP contribution in [0.3, 0.4) is 0 Å². The Morgan fingerprint density at radius 2 is 1.81 bits per heavy atom. The van der Waals surface area contributed by atoms with E-state index >= 15 is 0 Å². The van der Waals surface area contributed by atoms with Crippen molar-refractivity contribution < 1.29 is 9.53 Å². The quantitative estimate of drug-likeness (QED) is 0.595. The van der Waals surface area contributed by atoms with E-state index in [1.54, 1.807) is 20.8 Å². The van der Waals surface area contributed by atoms with E-state index in [0.29, 0.717) is 41.2 Å². The molecule has 0 saturated carbocycles. The number of nitrogens with zero attached hydrogens (tertiary/aromatic N) is 3. The number of ether oxygens (including phenoxy) is 1. The van der Waals surface area contributed by atoms with Gasteiger partial charge in [0.2, 0.25) is 0 Å². The molecule has 1 amide bonds. The summed E-state index contributed by atoms with van der Waals surface area (Å²) in [6.07, 6.45) is 1.86. The number of morpholine rings is 1. The lowest BCUT2D eigenvalue weighted by Gasteiger charge is -2.26. The molecule has 1 aliphatic heterocycles. The summed E-state index contributed by atoms with van der Waals surface area (Å²) in [4.78, 5) is 29.5. The van der Waals surface area contributed by atoms with Crippen LogP contribution in [0.1, 0.15) is 21.6 Å². The zero-order valence-corrected chi connectivity index (χ0v) is 19.8. The first-order valence-electron chi connectivity index (χ1n) is 10.3. The third-order valence-electron chi connectivity index (χ3n) is 5.49. The maximum Gasteiger partial charge on any atom is 0.273 e. The second-order valence-electron chi connectivity index (χ2n) is 7.66. The number of carbonyl (C=O) groups excluding carboxylic acids is 1. The topological polar surface area (TPSA) is 75.3 Å². The molecule has 8 heteroatoms. The van der Waals surface area contributed by atoms with Gasteiger partial charge in [0.1, 0.15) is 10.7 Å². The molecule has 3 heterocycles. The third kappa shape index (κ3) is 4.07. The Morgan fingerprint density at radius 3 is 2.41 bits per heavy atom. The van der Waals surface area contributed by atoms with Gasteiger partial charge in [0.05, 0.1) is 23.4 Å². The van der Waals surface area contributed by atoms with Crippen molar-refractivity contribution in [3.05, 3.63) is 70.8 Å². The molecule has 0 bridgehead atoms. The average molecular weight is 466 g/mol. The van der Waals surface area contributed by atoms with Gasteiger partial charge in [-0.2, -0.15) is 5.26 Å². The van der Waals surface area contributed by atoms with Crippen LogP contribution in [0.5, 0.6) is 0 Å². The molecular formula is C24H23N3O3S2. The van der Waals surface area contributed by atoms with Crippen molar-refractivity contribution in [1.29, 1.82) is 5.26 Å². The summed E-state index contributed by atoms with van der Waals surface area (Å²) in [5.74, 6) is -0.365. The van der Waals surface area contributed by atoms with E-state index in [0.717, 1.165) is 21.6 Å². The highest BCUT2D eigenvalue weighted by Crippen LogP contribution is 2.18. The van der Waals surface area contributed by atoms with Crippen molar-refractivity contribution in [3.8, 4) is 11.8 Å². The van der Waals surface area contributed by atoms with Gasteiger partial charge in [-0.1, -0.05) is 18.2 Å². The molecular weight excluding hydrogens is 442 g/mol. The summed E-state index contributed by atoms with van der Waals surface area (Å²) < 4.78 is 7.75. The largest absolute Gasteiger partial charge is 0.378 e. The Morgan fingerprint density at radius 1 is 1.12 bits per heavy atom. The van der Waals surface area contributed by atoms with Crippen LogP contribution >= 0.6 is 22.7 Å². The maximum absolute atomic E-state index is 13.6. The summed E-state index contributed by atoms with van der Waals surface area (Å²) >= 11 is 2.75. The van der Waals surface area contributed by atoms with Gasteiger partial charge < -0.3 is 9.64 Å². The molecule has 0 aliphatic carbocycles. The number of carbonyl (C=O) groups is 1. The van der Waals surface area contributed by atoms with E-state index in [1.165, 1.54) is 11.3 Å². The van der Waals surface area contributed by atoms with Crippen molar-refractivity contribution in [2.24, 2.45) is 0 Å². The highest BCUT2D eigenvalue weighted by molar-refractivity contribution is 7.11. The number of rotatable bonds is 3. The zero-order chi connectivity index (χ0) is 22.8. The van der Waals surface area contributed by atoms with Gasteiger partial charge in [-0.15, -0.1) is 22.7 Å². The molecule has 3 aromatic rings. The molecule has 0 atom stereocenters. The molecule has 4 rings (SSSR count). The minimum Gasteiger partial charge on any atom is -0.378 e. The summed E-state index contributed by atoms with van der Waals surface area (Å²) in [7, 11) is 0. The summed E-state index contributed by atoms with van der Waals surface area (Å²) in [5, 5.41) is 12.0. The maximum atomic E-state index is 13.6. The van der Waals surface area contributed by atoms with E-state index in [9.17, 15) is 14.9 Å². The minimum absolute atomic E-state index is 0.0146. The van der Waals surface area contributed by atoms with E-state index in [-0.39, 0.29) is 17.0 Å². The molecule has 0 N–H and O–H groups in total. The second-order valence-corrected chi connectivity index (χ2v) is 9.63. The number of aryl methyl sites for hydroxylation is 3. The lowest BCUT2D eigenvalue weighted by atomic mass is 10.1. The van der Waals surface area contributed by atoms with Gasteiger partial charge in [-0.05, 0) is 55.0 Å². The Balaban J connectivity index is 2.06. The molecule has 2 aromatic heterocycles. The Hall–Kier alpha value is -2.99. The summed E-state index contributed by atoms with van der Waals surface area (Å²) in [6, 6.07) is 9.89. The standard InChI is InChI=1S/C24H23N3O3S2/c1-15-7-12-31-19(15)13-20-23(29)27(21-16(2)5-4-6-17(21)3)24(32-20)18(14-25)22(28)26-8-10-30-11-9-26/h4-7,12-13H,8-11H2,1-3H3/b20-13-,24-18+. The fraction of sp³-hybridized carbons (Fsp3) is 0.292. The fourth-order valence-corrected chi connectivity index (χ4v) is 5.77. The van der Waals surface area contributed by atoms with Crippen LogP contribution in [0.2, 0.25) is 0 Å². The molecule has 1 aliphatic rings. The fourth-order valence-electron chi connectivity index (χ4n) is 3.77. The van der Waals surface area contributed by atoms with E-state index in [4.69, 9.17) is 4.74 Å². The first-order chi connectivity index (χ1) is 15.4. The molecule has 0 unspecified atom stereocenters. The first-order valence-corrected chi connectivity index (χ1v) is 12.0. The third-order valence-corrected chi connectivity index (χ3v) is 7.55. The first kappa shape index (κ1) is 22.2. The number of para-hydroxylation sites is 1. The SMILES string of the molecule is Cc1ccsc1/C=c1\s/c(=C(\C#N)C(=O)N2CCOCC2)n(-c2c(C)cccc2C)c1=O. The predicted octanol–water partition coefficient (Wildman–Crippen LogP) is 2.25. The average Bonchev–Trinajstić information content (AvgIpc) is 3.33. The molecule has 0 radical (unpaired) electrons. The van der Waals surface area contributed by atoms with Crippen molar-refractivity contribution >= 4 is 40.2 Å². The predicted molar refractivity (Wildman–Crippen MR) is 128 cm³/mol. The lowest BCUT2D eigenvalue weighted by Crippen LogP contribution is -2.42. The molecule has 32 heavy (non-hydrogen) atoms. The van der Waals surface area contributed by atoms with Crippen molar-refractivity contribution in [3.63, 3.8) is 0 Å². The van der Waals surface area contributed by atoms with Crippen LogP contribution in [0.4, 0.5) is 0 Å². The van der Waals surface area contributed by atoms with Crippen LogP contribution in [0, 0.1) is 32.1 Å². The minimum atomic E-state index is -0.365. The molecule has 164 valence electrons. The highest BCUT2D eigenvalue weighted by atomic mass is 32.1. The molecule has 0 spiro atoms. The monoisotopic (exact) mass is 465 g/mol. The number of hydrogen-bond acceptors (Lipinski definition) is 6. The van der Waals surface area contributed by atoms with Gasteiger partial charge in [-0.25, -0.2) is 0 Å². The van der Waals surface area contributed by atoms with Crippen LogP contribution in [0.15, 0.2) is 34.4 Å². The molecule has 1 fully saturated rings. The van der Waals surface area contributed by atoms with Gasteiger partial charge in [0, 0.05) is 18.0 Å². The van der Waals surface area contributed by atoms with E-state index < -0.39 is 0 Å². The molecule has 1 saturated heterocycles. The van der Waals surface area contributed by atoms with Crippen LogP contribution in [-0.2, 0) is 9.53 Å². The van der Waals surface area contributed by atoms with Crippen LogP contribution < -0.4 is 14.8 Å². The zero-order valence-electron chi connectivity index (χ0n) is 18.2. The van der Waals surface area contributed by atoms with E-state index in [2.05, 4.69) is 6.07 Å². The van der Waals surface area contributed by atoms with Crippen molar-refractivity contribution in [1.82, 2.24) is 9.47 Å². The normalized spacial score (nSPS) is 15.6. The van der Waals surface area contributed by atoms with Gasteiger partial charge >= 0.3 is 0 Å². The second kappa shape index (κ2) is 9.25. The number of benzene rings is 1. The van der Waals surface area contributed by atoms with E-state index in [1.807, 2.05) is 56.5 Å². The van der Waals surface area contributed by atoms with Crippen molar-refractivity contribution in [2.45, 2.75) is 20.8 Å². The number of thiazole rings is 1. The van der Waals surface area contributed by atoms with Crippen molar-refractivity contribution in [2.75, 3.05) is 26.3 Å². The Bertz CT molecular complexity index is 1380. The summed E-state index contributed by atoms with van der Waals surface area (Å²) in [5.41, 5.74) is 3.37. The lowest BCUT2D eigenvalue weighted by molar-refractivity contribution is -0.128. The van der Waals surface area contributed by atoms with Crippen LogP contribution in [-0.4, -0.2) is 41.7 Å². The smallest absolute Gasteiger partial charge is 0.273 e. The van der Waals surface area contributed by atoms with Gasteiger partial charge in [0.25, 0.3) is 11.5 Å². The Labute approximate surface area is 193 Å². The Kier molecular flexibility index (Phi) is 6.42. The number of nitriles is 1. The highest BCUT2D eigenvalue weighted by Gasteiger charge is 2.24. The number of thiophene rings is 1. The number of aromatic nitrogens is 1. The number of amides is 1. The van der Waals surface area contributed by atoms with Gasteiger partial charge in [-0.3, -0.25) is 14.2 Å².